The third kappa shape index (κ3) is 5.31. The van der Waals surface area contributed by atoms with Gasteiger partial charge >= 0.3 is 6.18 Å². The molecule has 1 fully saturated rings. The second-order valence-corrected chi connectivity index (χ2v) is 9.36. The molecule has 1 atom stereocenters. The lowest BCUT2D eigenvalue weighted by atomic mass is 9.91. The number of allylic oxidation sites excluding steroid dienone is 1. The van der Waals surface area contributed by atoms with Gasteiger partial charge in [-0.05, 0) is 36.8 Å². The number of carbonyl (C=O) groups excluding carboxylic acids is 1. The van der Waals surface area contributed by atoms with Crippen molar-refractivity contribution in [2.75, 3.05) is 37.6 Å². The van der Waals surface area contributed by atoms with Gasteiger partial charge in [-0.3, -0.25) is 19.7 Å². The van der Waals surface area contributed by atoms with E-state index in [4.69, 9.17) is 4.99 Å². The van der Waals surface area contributed by atoms with Crippen molar-refractivity contribution in [3.8, 4) is 0 Å². The first-order chi connectivity index (χ1) is 18.2. The van der Waals surface area contributed by atoms with E-state index in [1.54, 1.807) is 6.07 Å². The molecule has 1 unspecified atom stereocenters. The second kappa shape index (κ2) is 10.4. The molecule has 10 heteroatoms. The van der Waals surface area contributed by atoms with Gasteiger partial charge in [0.25, 0.3) is 5.91 Å². The van der Waals surface area contributed by atoms with E-state index in [1.807, 2.05) is 48.2 Å². The first-order valence-electron chi connectivity index (χ1n) is 12.3. The average molecular weight is 521 g/mol. The van der Waals surface area contributed by atoms with Crippen LogP contribution in [0.5, 0.6) is 0 Å². The lowest BCUT2D eigenvalue weighted by Crippen LogP contribution is -2.51. The maximum Gasteiger partial charge on any atom is 0.416 e. The van der Waals surface area contributed by atoms with Gasteiger partial charge in [-0.1, -0.05) is 36.4 Å². The SMILES string of the molecule is CC1=NC(NC(=O)c2cnccn2)(c2ccccc2)C(CN2CCN(c3cccc(C(F)(F)F)c3)CC2)=C1. The highest BCUT2D eigenvalue weighted by Gasteiger charge is 2.42. The summed E-state index contributed by atoms with van der Waals surface area (Å²) in [6.45, 7) is 4.89. The van der Waals surface area contributed by atoms with Crippen LogP contribution < -0.4 is 10.2 Å². The summed E-state index contributed by atoms with van der Waals surface area (Å²) in [4.78, 5) is 30.5. The fourth-order valence-electron chi connectivity index (χ4n) is 4.92. The molecular weight excluding hydrogens is 493 g/mol. The fraction of sp³-hybridized carbons (Fsp3) is 0.286. The van der Waals surface area contributed by atoms with E-state index in [0.29, 0.717) is 38.4 Å². The molecule has 2 aliphatic rings. The van der Waals surface area contributed by atoms with Crippen LogP contribution in [0.1, 0.15) is 28.5 Å². The standard InChI is InChI=1S/C28H27F3N6O/c1-20-16-23(19-36-12-14-37(15-13-36)24-9-5-8-22(17-24)28(29,30)31)27(34-20,21-6-3-2-4-7-21)35-26(38)25-18-32-10-11-33-25/h2-11,16-18H,12-15,19H2,1H3,(H,35,38). The number of nitrogens with one attached hydrogen (secondary N) is 1. The minimum atomic E-state index is -4.37. The van der Waals surface area contributed by atoms with Gasteiger partial charge in [0, 0.05) is 62.1 Å². The lowest BCUT2D eigenvalue weighted by molar-refractivity contribution is -0.137. The molecule has 38 heavy (non-hydrogen) atoms. The number of hydrogen-bond donors (Lipinski definition) is 1. The number of benzene rings is 2. The van der Waals surface area contributed by atoms with Crippen molar-refractivity contribution >= 4 is 17.3 Å². The molecule has 0 saturated carbocycles. The smallest absolute Gasteiger partial charge is 0.369 e. The summed E-state index contributed by atoms with van der Waals surface area (Å²) in [5.74, 6) is -0.388. The molecule has 2 aliphatic heterocycles. The van der Waals surface area contributed by atoms with Gasteiger partial charge in [-0.2, -0.15) is 13.2 Å². The Morgan fingerprint density at radius 1 is 1.03 bits per heavy atom. The maximum absolute atomic E-state index is 13.2. The molecule has 0 aliphatic carbocycles. The fourth-order valence-corrected chi connectivity index (χ4v) is 4.92. The summed E-state index contributed by atoms with van der Waals surface area (Å²) < 4.78 is 39.6. The lowest BCUT2D eigenvalue weighted by Gasteiger charge is -2.39. The van der Waals surface area contributed by atoms with Gasteiger partial charge in [0.15, 0.2) is 5.66 Å². The zero-order valence-corrected chi connectivity index (χ0v) is 20.8. The molecule has 3 heterocycles. The molecule has 196 valence electrons. The summed E-state index contributed by atoms with van der Waals surface area (Å²) >= 11 is 0. The molecule has 0 bridgehead atoms. The van der Waals surface area contributed by atoms with Crippen molar-refractivity contribution in [2.24, 2.45) is 4.99 Å². The van der Waals surface area contributed by atoms with Crippen LogP contribution in [0, 0.1) is 0 Å². The van der Waals surface area contributed by atoms with Crippen LogP contribution in [-0.4, -0.2) is 59.2 Å². The van der Waals surface area contributed by atoms with E-state index >= 15 is 0 Å². The summed E-state index contributed by atoms with van der Waals surface area (Å²) in [5.41, 5.74) is 1.52. The van der Waals surface area contributed by atoms with E-state index in [2.05, 4.69) is 20.2 Å². The van der Waals surface area contributed by atoms with Gasteiger partial charge in [0.1, 0.15) is 5.69 Å². The molecule has 1 amide bonds. The predicted molar refractivity (Wildman–Crippen MR) is 139 cm³/mol. The molecule has 0 spiro atoms. The predicted octanol–water partition coefficient (Wildman–Crippen LogP) is 4.30. The van der Waals surface area contributed by atoms with Crippen molar-refractivity contribution in [3.05, 3.63) is 102 Å². The molecule has 0 radical (unpaired) electrons. The van der Waals surface area contributed by atoms with Crippen molar-refractivity contribution in [3.63, 3.8) is 0 Å². The van der Waals surface area contributed by atoms with Crippen LogP contribution >= 0.6 is 0 Å². The summed E-state index contributed by atoms with van der Waals surface area (Å²) in [6.07, 6.45) is 2.00. The van der Waals surface area contributed by atoms with Crippen molar-refractivity contribution in [2.45, 2.75) is 18.8 Å². The highest BCUT2D eigenvalue weighted by molar-refractivity contribution is 5.99. The highest BCUT2D eigenvalue weighted by atomic mass is 19.4. The number of amides is 1. The van der Waals surface area contributed by atoms with Gasteiger partial charge in [-0.25, -0.2) is 4.98 Å². The third-order valence-electron chi connectivity index (χ3n) is 6.78. The van der Waals surface area contributed by atoms with Crippen LogP contribution in [0.4, 0.5) is 18.9 Å². The Morgan fingerprint density at radius 2 is 1.79 bits per heavy atom. The molecule has 5 rings (SSSR count). The van der Waals surface area contributed by atoms with Crippen LogP contribution in [0.25, 0.3) is 0 Å². The van der Waals surface area contributed by atoms with Gasteiger partial charge in [0.2, 0.25) is 0 Å². The molecular formula is C28H27F3N6O. The number of rotatable bonds is 6. The van der Waals surface area contributed by atoms with E-state index in [-0.39, 0.29) is 11.6 Å². The van der Waals surface area contributed by atoms with Crippen molar-refractivity contribution in [1.82, 2.24) is 20.2 Å². The van der Waals surface area contributed by atoms with Gasteiger partial charge < -0.3 is 10.2 Å². The number of alkyl halides is 3. The summed E-state index contributed by atoms with van der Waals surface area (Å²) in [6, 6.07) is 15.0. The largest absolute Gasteiger partial charge is 0.416 e. The van der Waals surface area contributed by atoms with Crippen LogP contribution in [0.2, 0.25) is 0 Å². The number of carbonyl (C=O) groups is 1. The van der Waals surface area contributed by atoms with Crippen molar-refractivity contribution in [1.29, 1.82) is 0 Å². The molecule has 7 nitrogen and oxygen atoms in total. The summed E-state index contributed by atoms with van der Waals surface area (Å²) in [7, 11) is 0. The van der Waals surface area contributed by atoms with E-state index < -0.39 is 17.4 Å². The number of nitrogens with zero attached hydrogens (tertiary/aromatic N) is 5. The van der Waals surface area contributed by atoms with Gasteiger partial charge in [-0.15, -0.1) is 0 Å². The van der Waals surface area contributed by atoms with Crippen molar-refractivity contribution < 1.29 is 18.0 Å². The van der Waals surface area contributed by atoms with E-state index in [9.17, 15) is 18.0 Å². The maximum atomic E-state index is 13.2. The first kappa shape index (κ1) is 25.6. The first-order valence-corrected chi connectivity index (χ1v) is 12.3. The summed E-state index contributed by atoms with van der Waals surface area (Å²) in [5, 5.41) is 3.11. The molecule has 3 aromatic rings. The average Bonchev–Trinajstić information content (AvgIpc) is 3.24. The minimum Gasteiger partial charge on any atom is -0.369 e. The second-order valence-electron chi connectivity index (χ2n) is 9.36. The number of halogens is 3. The van der Waals surface area contributed by atoms with E-state index in [1.165, 1.54) is 30.7 Å². The normalized spacial score (nSPS) is 20.2. The quantitative estimate of drug-likeness (QED) is 0.525. The molecule has 1 aromatic heterocycles. The Labute approximate surface area is 218 Å². The van der Waals surface area contributed by atoms with Gasteiger partial charge in [0.05, 0.1) is 11.8 Å². The van der Waals surface area contributed by atoms with Crippen LogP contribution in [0.15, 0.2) is 89.8 Å². The Balaban J connectivity index is 1.35. The van der Waals surface area contributed by atoms with E-state index in [0.717, 1.165) is 22.9 Å². The molecule has 1 N–H and O–H groups in total. The number of aliphatic imine (C=N–C) groups is 1. The Morgan fingerprint density at radius 3 is 2.47 bits per heavy atom. The number of aromatic nitrogens is 2. The minimum absolute atomic E-state index is 0.191. The Bertz CT molecular complexity index is 1350. The zero-order valence-electron chi connectivity index (χ0n) is 20.8. The Kier molecular flexibility index (Phi) is 6.98. The number of piperazine rings is 1. The zero-order chi connectivity index (χ0) is 26.8. The molecule has 1 saturated heterocycles. The highest BCUT2D eigenvalue weighted by Crippen LogP contribution is 2.37. The Hall–Kier alpha value is -4.05. The number of anilines is 1. The number of hydrogen-bond acceptors (Lipinski definition) is 6. The van der Waals surface area contributed by atoms with Crippen LogP contribution in [-0.2, 0) is 11.8 Å². The third-order valence-corrected chi connectivity index (χ3v) is 6.78. The van der Waals surface area contributed by atoms with Crippen LogP contribution in [0.3, 0.4) is 0 Å². The monoisotopic (exact) mass is 520 g/mol. The molecule has 2 aromatic carbocycles. The topological polar surface area (TPSA) is 73.7 Å².